The van der Waals surface area contributed by atoms with Crippen molar-refractivity contribution in [2.75, 3.05) is 0 Å². The summed E-state index contributed by atoms with van der Waals surface area (Å²) in [7, 11) is 0. The minimum absolute atomic E-state index is 0.0540. The molecule has 2 amide bonds. The van der Waals surface area contributed by atoms with Crippen molar-refractivity contribution in [1.82, 2.24) is 30.0 Å². The maximum atomic E-state index is 13.5. The third-order valence-corrected chi connectivity index (χ3v) is 7.66. The molecule has 0 unspecified atom stereocenters. The molecule has 3 aromatic rings. The van der Waals surface area contributed by atoms with Gasteiger partial charge in [-0.3, -0.25) is 23.6 Å². The van der Waals surface area contributed by atoms with Gasteiger partial charge in [0.05, 0.1) is 11.1 Å². The Bertz CT molecular complexity index is 1490. The van der Waals surface area contributed by atoms with Crippen LogP contribution in [0.15, 0.2) is 35.1 Å². The molecule has 0 radical (unpaired) electrons. The average molecular weight is 537 g/mol. The Kier molecular flexibility index (Phi) is 6.56. The number of nitrogens with one attached hydrogen (secondary N) is 2. The monoisotopic (exact) mass is 536 g/mol. The van der Waals surface area contributed by atoms with Crippen LogP contribution in [0.3, 0.4) is 0 Å². The van der Waals surface area contributed by atoms with E-state index in [1.165, 1.54) is 28.8 Å². The zero-order valence-electron chi connectivity index (χ0n) is 22.5. The summed E-state index contributed by atoms with van der Waals surface area (Å²) in [6, 6.07) is 7.34. The van der Waals surface area contributed by atoms with Crippen LogP contribution in [0.2, 0.25) is 0 Å². The molecule has 6 rings (SSSR count). The molecule has 3 N–H and O–H groups in total. The lowest BCUT2D eigenvalue weighted by molar-refractivity contribution is 0.0843. The number of rotatable bonds is 5. The Morgan fingerprint density at radius 2 is 1.82 bits per heavy atom. The molecule has 1 aromatic carbocycles. The number of fused-ring (bicyclic) bond motifs is 2. The highest BCUT2D eigenvalue weighted by molar-refractivity contribution is 5.95. The van der Waals surface area contributed by atoms with Crippen LogP contribution in [0.4, 0.5) is 4.39 Å². The van der Waals surface area contributed by atoms with E-state index in [2.05, 4.69) is 20.7 Å². The molecule has 39 heavy (non-hydrogen) atoms. The van der Waals surface area contributed by atoms with Crippen LogP contribution in [0.5, 0.6) is 5.75 Å². The van der Waals surface area contributed by atoms with Crippen molar-refractivity contribution in [2.45, 2.75) is 77.5 Å². The van der Waals surface area contributed by atoms with Gasteiger partial charge in [0.25, 0.3) is 17.4 Å². The molecule has 10 nitrogen and oxygen atoms in total. The van der Waals surface area contributed by atoms with Crippen LogP contribution in [0, 0.1) is 18.7 Å². The third kappa shape index (κ3) is 4.93. The Balaban J connectivity index is 1.49. The SMILES string of the molecule is Cc1cc(C(=O)NC23CCC(CC2)Cn2c3nc(C(=O)NCc3ccc(F)cc3)c(O)c2=O)nn1C(C)(C)C. The summed E-state index contributed by atoms with van der Waals surface area (Å²) < 4.78 is 16.4. The molecular formula is C28H33FN6O4. The number of hydrogen-bond donors (Lipinski definition) is 3. The van der Waals surface area contributed by atoms with E-state index >= 15 is 0 Å². The molecule has 0 spiro atoms. The van der Waals surface area contributed by atoms with Crippen molar-refractivity contribution in [3.05, 3.63) is 75.0 Å². The maximum absolute atomic E-state index is 13.5. The van der Waals surface area contributed by atoms with Gasteiger partial charge >= 0.3 is 0 Å². The molecule has 11 heteroatoms. The number of aryl methyl sites for hydroxylation is 1. The van der Waals surface area contributed by atoms with Gasteiger partial charge in [0.2, 0.25) is 5.75 Å². The van der Waals surface area contributed by atoms with Crippen LogP contribution in [-0.2, 0) is 24.2 Å². The predicted octanol–water partition coefficient (Wildman–Crippen LogP) is 3.11. The number of amides is 2. The highest BCUT2D eigenvalue weighted by Crippen LogP contribution is 2.43. The highest BCUT2D eigenvalue weighted by Gasteiger charge is 2.46. The predicted molar refractivity (Wildman–Crippen MR) is 141 cm³/mol. The van der Waals surface area contributed by atoms with Crippen molar-refractivity contribution in [3.63, 3.8) is 0 Å². The summed E-state index contributed by atoms with van der Waals surface area (Å²) >= 11 is 0. The van der Waals surface area contributed by atoms with E-state index in [4.69, 9.17) is 0 Å². The maximum Gasteiger partial charge on any atom is 0.296 e. The fraction of sp³-hybridized carbons (Fsp3) is 0.464. The van der Waals surface area contributed by atoms with Crippen molar-refractivity contribution in [1.29, 1.82) is 0 Å². The van der Waals surface area contributed by atoms with Gasteiger partial charge in [-0.15, -0.1) is 0 Å². The van der Waals surface area contributed by atoms with Crippen molar-refractivity contribution in [3.8, 4) is 5.75 Å². The lowest BCUT2D eigenvalue weighted by atomic mass is 9.77. The number of aromatic nitrogens is 4. The van der Waals surface area contributed by atoms with E-state index in [9.17, 15) is 23.9 Å². The summed E-state index contributed by atoms with van der Waals surface area (Å²) in [4.78, 5) is 44.4. The Hall–Kier alpha value is -4.02. The Labute approximate surface area is 225 Å². The van der Waals surface area contributed by atoms with Crippen LogP contribution >= 0.6 is 0 Å². The first-order valence-corrected chi connectivity index (χ1v) is 13.1. The van der Waals surface area contributed by atoms with Gasteiger partial charge in [-0.25, -0.2) is 9.37 Å². The molecule has 0 atom stereocenters. The van der Waals surface area contributed by atoms with Crippen LogP contribution in [0.25, 0.3) is 0 Å². The van der Waals surface area contributed by atoms with E-state index in [0.29, 0.717) is 24.9 Å². The first-order valence-electron chi connectivity index (χ1n) is 13.1. The van der Waals surface area contributed by atoms with Crippen molar-refractivity contribution in [2.24, 2.45) is 5.92 Å². The summed E-state index contributed by atoms with van der Waals surface area (Å²) in [5.74, 6) is -1.81. The summed E-state index contributed by atoms with van der Waals surface area (Å²) in [6.45, 7) is 8.30. The normalized spacial score (nSPS) is 20.3. The second-order valence-corrected chi connectivity index (χ2v) is 11.6. The fourth-order valence-electron chi connectivity index (χ4n) is 5.67. The van der Waals surface area contributed by atoms with Crippen molar-refractivity contribution < 1.29 is 19.1 Å². The molecule has 2 aromatic heterocycles. The second-order valence-electron chi connectivity index (χ2n) is 11.6. The largest absolute Gasteiger partial charge is 0.501 e. The molecule has 3 aliphatic rings. The minimum Gasteiger partial charge on any atom is -0.501 e. The van der Waals surface area contributed by atoms with Crippen LogP contribution in [0.1, 0.15) is 84.5 Å². The number of hydrogen-bond acceptors (Lipinski definition) is 6. The van der Waals surface area contributed by atoms with E-state index in [0.717, 1.165) is 18.5 Å². The van der Waals surface area contributed by atoms with E-state index < -0.39 is 40.2 Å². The second kappa shape index (κ2) is 9.62. The number of aromatic hydroxyl groups is 1. The van der Waals surface area contributed by atoms with Crippen LogP contribution in [-0.4, -0.2) is 36.3 Å². The molecule has 1 fully saturated rings. The Morgan fingerprint density at radius 1 is 1.15 bits per heavy atom. The average Bonchev–Trinajstić information content (AvgIpc) is 3.15. The van der Waals surface area contributed by atoms with E-state index in [1.54, 1.807) is 10.7 Å². The zero-order chi connectivity index (χ0) is 28.1. The number of carbonyl (C=O) groups is 2. The van der Waals surface area contributed by atoms with Gasteiger partial charge in [-0.1, -0.05) is 12.1 Å². The molecule has 206 valence electrons. The number of nitrogens with zero attached hydrogens (tertiary/aromatic N) is 4. The third-order valence-electron chi connectivity index (χ3n) is 7.66. The minimum atomic E-state index is -0.998. The molecule has 2 bridgehead atoms. The molecular weight excluding hydrogens is 503 g/mol. The molecule has 0 saturated heterocycles. The summed E-state index contributed by atoms with van der Waals surface area (Å²) in [5.41, 5.74) is -0.684. The van der Waals surface area contributed by atoms with Crippen molar-refractivity contribution >= 4 is 11.8 Å². The van der Waals surface area contributed by atoms with Crippen LogP contribution < -0.4 is 16.2 Å². The standard InChI is InChI=1S/C28H33FN6O4/c1-16-13-20(33-35(16)27(2,3)4)23(37)32-28-11-9-18(10-12-28)15-34-25(39)22(36)21(31-26(28)34)24(38)30-14-17-5-7-19(29)8-6-17/h5-8,13,18,36H,9-12,14-15H2,1-4H3,(H,30,38)(H,32,37). The number of benzene rings is 1. The number of carbonyl (C=O) groups excluding carboxylic acids is 2. The van der Waals surface area contributed by atoms with Gasteiger partial charge < -0.3 is 15.7 Å². The van der Waals surface area contributed by atoms with Gasteiger partial charge in [-0.05, 0) is 83.1 Å². The smallest absolute Gasteiger partial charge is 0.296 e. The quantitative estimate of drug-likeness (QED) is 0.459. The number of halogens is 1. The lowest BCUT2D eigenvalue weighted by Crippen LogP contribution is -2.50. The lowest BCUT2D eigenvalue weighted by Gasteiger charge is -2.37. The van der Waals surface area contributed by atoms with E-state index in [1.807, 2.05) is 27.7 Å². The van der Waals surface area contributed by atoms with Gasteiger partial charge in [0.15, 0.2) is 5.69 Å². The summed E-state index contributed by atoms with van der Waals surface area (Å²) in [6.07, 6.45) is 2.59. The molecule has 1 aliphatic carbocycles. The molecule has 1 saturated carbocycles. The Morgan fingerprint density at radius 3 is 2.44 bits per heavy atom. The van der Waals surface area contributed by atoms with Gasteiger partial charge in [0.1, 0.15) is 17.3 Å². The molecule has 4 heterocycles. The first kappa shape index (κ1) is 26.6. The highest BCUT2D eigenvalue weighted by atomic mass is 19.1. The first-order chi connectivity index (χ1) is 18.4. The molecule has 2 aliphatic heterocycles. The topological polar surface area (TPSA) is 131 Å². The van der Waals surface area contributed by atoms with Gasteiger partial charge in [-0.2, -0.15) is 5.10 Å². The zero-order valence-corrected chi connectivity index (χ0v) is 22.5. The van der Waals surface area contributed by atoms with Gasteiger partial charge in [0, 0.05) is 18.8 Å². The fourth-order valence-corrected chi connectivity index (χ4v) is 5.67. The summed E-state index contributed by atoms with van der Waals surface area (Å²) in [5, 5.41) is 21.0. The van der Waals surface area contributed by atoms with E-state index in [-0.39, 0.29) is 29.5 Å².